The summed E-state index contributed by atoms with van der Waals surface area (Å²) in [6, 6.07) is 28.2. The van der Waals surface area contributed by atoms with Crippen LogP contribution in [-0.2, 0) is 24.3 Å². The Morgan fingerprint density at radius 1 is 0.800 bits per heavy atom. The molecule has 4 aromatic carbocycles. The van der Waals surface area contributed by atoms with Gasteiger partial charge in [0, 0.05) is 0 Å². The zero-order valence-electron chi connectivity index (χ0n) is 28.5. The number of fused-ring (bicyclic) bond motifs is 4. The van der Waals surface area contributed by atoms with Crippen molar-refractivity contribution in [2.75, 3.05) is 0 Å². The molecular weight excluding hydrogens is 715 g/mol. The van der Waals surface area contributed by atoms with Gasteiger partial charge in [0.1, 0.15) is 0 Å². The summed E-state index contributed by atoms with van der Waals surface area (Å²) >= 11 is -4.04. The van der Waals surface area contributed by atoms with Gasteiger partial charge in [0.2, 0.25) is 0 Å². The molecule has 0 saturated heterocycles. The Hall–Kier alpha value is -1.27. The average Bonchev–Trinajstić information content (AvgIpc) is 3.53. The predicted molar refractivity (Wildman–Crippen MR) is 208 cm³/mol. The van der Waals surface area contributed by atoms with Crippen LogP contribution in [0.4, 0.5) is 0 Å². The van der Waals surface area contributed by atoms with Gasteiger partial charge in [-0.2, -0.15) is 0 Å². The number of benzene rings is 4. The van der Waals surface area contributed by atoms with E-state index in [-0.39, 0.29) is 3.63 Å². The van der Waals surface area contributed by atoms with Gasteiger partial charge in [-0.05, 0) is 0 Å². The van der Waals surface area contributed by atoms with Crippen LogP contribution in [0, 0.1) is 5.92 Å². The molecular formula is C39H48Cl2Si3Zr. The zero-order chi connectivity index (χ0) is 32.5. The van der Waals surface area contributed by atoms with E-state index in [4.69, 9.17) is 17.0 Å². The van der Waals surface area contributed by atoms with E-state index in [2.05, 4.69) is 139 Å². The summed E-state index contributed by atoms with van der Waals surface area (Å²) < 4.78 is 1.44. The monoisotopic (exact) mass is 760 g/mol. The first-order valence-corrected chi connectivity index (χ1v) is 34.1. The summed E-state index contributed by atoms with van der Waals surface area (Å²) in [6.07, 6.45) is 4.57. The van der Waals surface area contributed by atoms with Crippen molar-refractivity contribution in [1.82, 2.24) is 0 Å². The number of hydrogen-bond donors (Lipinski definition) is 0. The van der Waals surface area contributed by atoms with Gasteiger partial charge in [0.05, 0.1) is 0 Å². The van der Waals surface area contributed by atoms with Crippen LogP contribution in [0.25, 0.3) is 28.3 Å². The number of halogens is 2. The van der Waals surface area contributed by atoms with Gasteiger partial charge in [-0.25, -0.2) is 0 Å². The molecule has 0 N–H and O–H groups in total. The summed E-state index contributed by atoms with van der Waals surface area (Å²) in [5.41, 5.74) is 11.3. The zero-order valence-corrected chi connectivity index (χ0v) is 35.9. The van der Waals surface area contributed by atoms with Crippen molar-refractivity contribution in [3.8, 4) is 22.3 Å². The molecule has 0 radical (unpaired) electrons. The Bertz CT molecular complexity index is 1790. The summed E-state index contributed by atoms with van der Waals surface area (Å²) in [6.45, 7) is 21.9. The molecule has 4 aromatic rings. The molecule has 0 saturated carbocycles. The molecule has 0 aromatic heterocycles. The van der Waals surface area contributed by atoms with Crippen molar-refractivity contribution in [1.29, 1.82) is 0 Å². The third kappa shape index (κ3) is 6.22. The maximum absolute atomic E-state index is 8.01. The summed E-state index contributed by atoms with van der Waals surface area (Å²) in [5, 5.41) is 6.15. The Morgan fingerprint density at radius 2 is 1.44 bits per heavy atom. The van der Waals surface area contributed by atoms with E-state index in [1.807, 2.05) is 0 Å². The molecule has 1 heterocycles. The second-order valence-electron chi connectivity index (χ2n) is 15.8. The fourth-order valence-electron chi connectivity index (χ4n) is 7.53. The molecule has 0 bridgehead atoms. The molecule has 1 atom stereocenters. The van der Waals surface area contributed by atoms with Gasteiger partial charge >= 0.3 is 290 Å². The van der Waals surface area contributed by atoms with E-state index < -0.39 is 43.5 Å². The van der Waals surface area contributed by atoms with Gasteiger partial charge in [0.25, 0.3) is 0 Å². The van der Waals surface area contributed by atoms with Crippen LogP contribution in [-0.4, -0.2) is 25.7 Å². The van der Waals surface area contributed by atoms with Crippen molar-refractivity contribution >= 4 is 72.8 Å². The standard InChI is InChI=1S/C27H39Si2.C12H9Si.2ClH.Zr/c1-10-21-11-12-22-14-20(13-19(2)3)15-26(22)27(21)23-16-24(28(4,5)6)18-25(17-23)29(7,8)9;1-3-7-11-9(5-1)10-6-2-4-8-12(10)13-11;;;/h11-12,14-19H,10,13H2,1-9H3;1-7H,13H2;2*1H;/q;;;;+2/p-2. The van der Waals surface area contributed by atoms with E-state index in [9.17, 15) is 0 Å². The second kappa shape index (κ2) is 12.3. The molecule has 2 aliphatic rings. The van der Waals surface area contributed by atoms with E-state index in [0.717, 1.165) is 12.8 Å². The van der Waals surface area contributed by atoms with Crippen molar-refractivity contribution in [3.63, 3.8) is 0 Å². The SMILES string of the molecule is CCc1ccc2c(c1-c1cc([Si](C)(C)C)cc([Si](C)(C)C)c1)C=C(CC(C)C)[CH]2[Zr]([Cl])([Cl])[c]1cccc2c1[SiH2]c1ccccc1-2. The van der Waals surface area contributed by atoms with Crippen LogP contribution in [0.3, 0.4) is 0 Å². The minimum atomic E-state index is -4.04. The predicted octanol–water partition coefficient (Wildman–Crippen LogP) is 8.38. The van der Waals surface area contributed by atoms with Crippen LogP contribution in [0.2, 0.25) is 39.3 Å². The first-order chi connectivity index (χ1) is 21.1. The molecule has 234 valence electrons. The van der Waals surface area contributed by atoms with Crippen LogP contribution < -0.4 is 24.0 Å². The van der Waals surface area contributed by atoms with Crippen molar-refractivity contribution < 1.29 is 17.9 Å². The summed E-state index contributed by atoms with van der Waals surface area (Å²) in [4.78, 5) is 0. The number of hydrogen-bond acceptors (Lipinski definition) is 0. The van der Waals surface area contributed by atoms with Gasteiger partial charge in [0.15, 0.2) is 0 Å². The van der Waals surface area contributed by atoms with Crippen LogP contribution in [0.1, 0.15) is 47.5 Å². The normalized spacial score (nSPS) is 16.6. The first kappa shape index (κ1) is 33.6. The fourth-order valence-corrected chi connectivity index (χ4v) is 26.8. The van der Waals surface area contributed by atoms with Gasteiger partial charge in [-0.3, -0.25) is 0 Å². The molecule has 0 spiro atoms. The topological polar surface area (TPSA) is 0 Å². The van der Waals surface area contributed by atoms with Crippen molar-refractivity contribution in [3.05, 3.63) is 95.1 Å². The van der Waals surface area contributed by atoms with E-state index in [0.29, 0.717) is 5.92 Å². The van der Waals surface area contributed by atoms with E-state index >= 15 is 0 Å². The molecule has 0 nitrogen and oxygen atoms in total. The first-order valence-electron chi connectivity index (χ1n) is 16.7. The van der Waals surface area contributed by atoms with Crippen LogP contribution >= 0.6 is 17.0 Å². The maximum atomic E-state index is 8.01. The Balaban J connectivity index is 1.58. The Morgan fingerprint density at radius 3 is 2.07 bits per heavy atom. The average molecular weight is 763 g/mol. The van der Waals surface area contributed by atoms with Crippen LogP contribution in [0.15, 0.2) is 78.4 Å². The molecule has 1 unspecified atom stereocenters. The van der Waals surface area contributed by atoms with Crippen molar-refractivity contribution in [2.24, 2.45) is 5.92 Å². The summed E-state index contributed by atoms with van der Waals surface area (Å²) in [7, 11) is 12.3. The second-order valence-corrected chi connectivity index (χ2v) is 41.8. The van der Waals surface area contributed by atoms with Crippen LogP contribution in [0.5, 0.6) is 0 Å². The molecule has 6 heteroatoms. The Labute approximate surface area is 288 Å². The van der Waals surface area contributed by atoms with E-state index in [1.165, 1.54) is 58.2 Å². The summed E-state index contributed by atoms with van der Waals surface area (Å²) in [5.74, 6) is 0.534. The molecule has 45 heavy (non-hydrogen) atoms. The minimum absolute atomic E-state index is 0.116. The number of aryl methyl sites for hydroxylation is 1. The molecule has 1 aliphatic heterocycles. The molecule has 0 fully saturated rings. The third-order valence-electron chi connectivity index (χ3n) is 9.93. The van der Waals surface area contributed by atoms with Gasteiger partial charge in [-0.1, -0.05) is 0 Å². The number of allylic oxidation sites excluding steroid dienone is 1. The Kier molecular flexibility index (Phi) is 9.20. The molecule has 1 aliphatic carbocycles. The molecule has 6 rings (SSSR count). The number of rotatable bonds is 8. The quantitative estimate of drug-likeness (QED) is 0.140. The molecule has 0 amide bonds. The van der Waals surface area contributed by atoms with E-state index in [1.54, 1.807) is 10.4 Å². The van der Waals surface area contributed by atoms with Gasteiger partial charge < -0.3 is 0 Å². The fraction of sp³-hybridized carbons (Fsp3) is 0.333. The van der Waals surface area contributed by atoms with Gasteiger partial charge in [-0.15, -0.1) is 0 Å². The third-order valence-corrected chi connectivity index (χ3v) is 28.3. The van der Waals surface area contributed by atoms with Crippen molar-refractivity contribution in [2.45, 2.75) is 76.5 Å².